The van der Waals surface area contributed by atoms with Gasteiger partial charge in [-0.15, -0.1) is 0 Å². The summed E-state index contributed by atoms with van der Waals surface area (Å²) in [4.78, 5) is 22.9. The fourth-order valence-corrected chi connectivity index (χ4v) is 1.49. The molecular weight excluding hydrogens is 223 g/mol. The zero-order valence-corrected chi connectivity index (χ0v) is 9.90. The largest absolute Gasteiger partial charge is 0.465 e. The van der Waals surface area contributed by atoms with Gasteiger partial charge < -0.3 is 4.74 Å². The average Bonchev–Trinajstić information content (AvgIpc) is 2.28. The Bertz CT molecular complexity index is 398. The summed E-state index contributed by atoms with van der Waals surface area (Å²) in [6.45, 7) is 3.28. The van der Waals surface area contributed by atoms with Gasteiger partial charge in [0.15, 0.2) is 0 Å². The quantitative estimate of drug-likeness (QED) is 0.583. The molecule has 1 atom stereocenters. The Hall–Kier alpha value is -1.71. The summed E-state index contributed by atoms with van der Waals surface area (Å²) in [7, 11) is 0. The first kappa shape index (κ1) is 13.4. The molecule has 0 heterocycles. The molecule has 1 aromatic rings. The van der Waals surface area contributed by atoms with Crippen LogP contribution in [-0.2, 0) is 20.7 Å². The van der Waals surface area contributed by atoms with E-state index in [4.69, 9.17) is 4.74 Å². The first-order valence-electron chi connectivity index (χ1n) is 5.46. The van der Waals surface area contributed by atoms with Crippen LogP contribution in [0.4, 0.5) is 4.39 Å². The zero-order chi connectivity index (χ0) is 12.8. The standard InChI is InChI=1S/C13H15FO3/c1-3-17-13(16)12(9(2)15)8-10-4-6-11(14)7-5-10/h4-7,12H,3,8H2,1-2H3/t12-/m1/s1. The van der Waals surface area contributed by atoms with Gasteiger partial charge in [0.2, 0.25) is 0 Å². The van der Waals surface area contributed by atoms with Crippen molar-refractivity contribution in [1.29, 1.82) is 0 Å². The topological polar surface area (TPSA) is 43.4 Å². The summed E-state index contributed by atoms with van der Waals surface area (Å²) in [5, 5.41) is 0. The van der Waals surface area contributed by atoms with Crippen molar-refractivity contribution in [3.8, 4) is 0 Å². The monoisotopic (exact) mass is 238 g/mol. The maximum Gasteiger partial charge on any atom is 0.316 e. The minimum absolute atomic E-state index is 0.242. The normalized spacial score (nSPS) is 11.9. The van der Waals surface area contributed by atoms with E-state index >= 15 is 0 Å². The minimum Gasteiger partial charge on any atom is -0.465 e. The third-order valence-corrected chi connectivity index (χ3v) is 2.41. The Morgan fingerprint density at radius 3 is 2.35 bits per heavy atom. The maximum atomic E-state index is 12.7. The number of ether oxygens (including phenoxy) is 1. The van der Waals surface area contributed by atoms with Crippen LogP contribution in [0.15, 0.2) is 24.3 Å². The van der Waals surface area contributed by atoms with Crippen LogP contribution in [0.25, 0.3) is 0 Å². The summed E-state index contributed by atoms with van der Waals surface area (Å²) in [5.41, 5.74) is 0.736. The molecule has 0 saturated heterocycles. The molecule has 0 fully saturated rings. The molecule has 0 saturated carbocycles. The van der Waals surface area contributed by atoms with E-state index in [1.807, 2.05) is 0 Å². The molecule has 92 valence electrons. The van der Waals surface area contributed by atoms with Crippen molar-refractivity contribution in [3.05, 3.63) is 35.6 Å². The smallest absolute Gasteiger partial charge is 0.316 e. The Balaban J connectivity index is 2.76. The van der Waals surface area contributed by atoms with Crippen molar-refractivity contribution >= 4 is 11.8 Å². The van der Waals surface area contributed by atoms with Crippen LogP contribution < -0.4 is 0 Å². The van der Waals surface area contributed by atoms with Crippen LogP contribution in [0, 0.1) is 11.7 Å². The Labute approximate surface area is 99.6 Å². The van der Waals surface area contributed by atoms with Crippen molar-refractivity contribution in [2.24, 2.45) is 5.92 Å². The Morgan fingerprint density at radius 1 is 1.29 bits per heavy atom. The summed E-state index contributed by atoms with van der Waals surface area (Å²) < 4.78 is 17.5. The fraction of sp³-hybridized carbons (Fsp3) is 0.385. The van der Waals surface area contributed by atoms with Gasteiger partial charge in [0.25, 0.3) is 0 Å². The fourth-order valence-electron chi connectivity index (χ4n) is 1.49. The lowest BCUT2D eigenvalue weighted by Crippen LogP contribution is -2.26. The van der Waals surface area contributed by atoms with Gasteiger partial charge in [-0.05, 0) is 38.0 Å². The molecule has 0 aliphatic carbocycles. The van der Waals surface area contributed by atoms with Crippen molar-refractivity contribution in [2.45, 2.75) is 20.3 Å². The SMILES string of the molecule is CCOC(=O)[C@H](Cc1ccc(F)cc1)C(C)=O. The second-order valence-corrected chi connectivity index (χ2v) is 3.75. The highest BCUT2D eigenvalue weighted by Gasteiger charge is 2.24. The van der Waals surface area contributed by atoms with E-state index in [9.17, 15) is 14.0 Å². The number of hydrogen-bond donors (Lipinski definition) is 0. The Morgan fingerprint density at radius 2 is 1.88 bits per heavy atom. The van der Waals surface area contributed by atoms with Gasteiger partial charge in [-0.2, -0.15) is 0 Å². The summed E-state index contributed by atoms with van der Waals surface area (Å²) in [6.07, 6.45) is 0.244. The van der Waals surface area contributed by atoms with Crippen LogP contribution in [0.1, 0.15) is 19.4 Å². The molecule has 0 unspecified atom stereocenters. The second kappa shape index (κ2) is 6.13. The van der Waals surface area contributed by atoms with Crippen LogP contribution in [0.2, 0.25) is 0 Å². The lowest BCUT2D eigenvalue weighted by atomic mass is 9.96. The third kappa shape index (κ3) is 3.98. The van der Waals surface area contributed by atoms with Gasteiger partial charge in [-0.25, -0.2) is 4.39 Å². The lowest BCUT2D eigenvalue weighted by Gasteiger charge is -2.12. The number of rotatable bonds is 5. The van der Waals surface area contributed by atoms with E-state index in [0.29, 0.717) is 0 Å². The molecule has 0 aromatic heterocycles. The summed E-state index contributed by atoms with van der Waals surface area (Å²) in [5.74, 6) is -1.92. The highest BCUT2D eigenvalue weighted by atomic mass is 19.1. The second-order valence-electron chi connectivity index (χ2n) is 3.75. The summed E-state index contributed by atoms with van der Waals surface area (Å²) >= 11 is 0. The van der Waals surface area contributed by atoms with E-state index in [2.05, 4.69) is 0 Å². The number of carbonyl (C=O) groups excluding carboxylic acids is 2. The van der Waals surface area contributed by atoms with E-state index in [1.165, 1.54) is 19.1 Å². The molecule has 1 aromatic carbocycles. The summed E-state index contributed by atoms with van der Waals surface area (Å²) in [6, 6.07) is 5.73. The van der Waals surface area contributed by atoms with Crippen molar-refractivity contribution in [2.75, 3.05) is 6.61 Å². The minimum atomic E-state index is -0.805. The number of Topliss-reactive ketones (excluding diaryl/α,β-unsaturated/α-hetero) is 1. The molecule has 0 aliphatic rings. The van der Waals surface area contributed by atoms with Crippen molar-refractivity contribution in [1.82, 2.24) is 0 Å². The maximum absolute atomic E-state index is 12.7. The Kier molecular flexibility index (Phi) is 4.82. The number of carbonyl (C=O) groups is 2. The number of halogens is 1. The molecule has 17 heavy (non-hydrogen) atoms. The molecule has 1 rings (SSSR count). The molecule has 0 N–H and O–H groups in total. The van der Waals surface area contributed by atoms with Gasteiger partial charge >= 0.3 is 5.97 Å². The average molecular weight is 238 g/mol. The van der Waals surface area contributed by atoms with Gasteiger partial charge in [-0.1, -0.05) is 12.1 Å². The molecule has 0 spiro atoms. The molecular formula is C13H15FO3. The lowest BCUT2D eigenvalue weighted by molar-refractivity contribution is -0.151. The number of esters is 1. The van der Waals surface area contributed by atoms with Crippen LogP contribution >= 0.6 is 0 Å². The highest BCUT2D eigenvalue weighted by molar-refractivity contribution is 5.97. The van der Waals surface area contributed by atoms with Crippen molar-refractivity contribution in [3.63, 3.8) is 0 Å². The molecule has 0 amide bonds. The molecule has 0 aliphatic heterocycles. The first-order valence-corrected chi connectivity index (χ1v) is 5.46. The molecule has 4 heteroatoms. The van der Waals surface area contributed by atoms with Gasteiger partial charge in [0.05, 0.1) is 6.61 Å². The van der Waals surface area contributed by atoms with Crippen molar-refractivity contribution < 1.29 is 18.7 Å². The first-order chi connectivity index (χ1) is 8.04. The van der Waals surface area contributed by atoms with Crippen LogP contribution in [0.5, 0.6) is 0 Å². The van der Waals surface area contributed by atoms with E-state index in [1.54, 1.807) is 19.1 Å². The van der Waals surface area contributed by atoms with Gasteiger partial charge in [-0.3, -0.25) is 9.59 Å². The van der Waals surface area contributed by atoms with E-state index < -0.39 is 11.9 Å². The van der Waals surface area contributed by atoms with Gasteiger partial charge in [0.1, 0.15) is 17.5 Å². The van der Waals surface area contributed by atoms with Crippen LogP contribution in [-0.4, -0.2) is 18.4 Å². The number of ketones is 1. The molecule has 0 radical (unpaired) electrons. The third-order valence-electron chi connectivity index (χ3n) is 2.41. The highest BCUT2D eigenvalue weighted by Crippen LogP contribution is 2.12. The predicted octanol–water partition coefficient (Wildman–Crippen LogP) is 2.14. The predicted molar refractivity (Wildman–Crippen MR) is 60.9 cm³/mol. The molecule has 3 nitrogen and oxygen atoms in total. The zero-order valence-electron chi connectivity index (χ0n) is 9.90. The number of hydrogen-bond acceptors (Lipinski definition) is 3. The van der Waals surface area contributed by atoms with E-state index in [0.717, 1.165) is 5.56 Å². The van der Waals surface area contributed by atoms with Crippen LogP contribution in [0.3, 0.4) is 0 Å². The van der Waals surface area contributed by atoms with E-state index in [-0.39, 0.29) is 24.6 Å². The number of benzene rings is 1. The molecule has 0 bridgehead atoms. The van der Waals surface area contributed by atoms with Gasteiger partial charge in [0, 0.05) is 0 Å².